The summed E-state index contributed by atoms with van der Waals surface area (Å²) in [6.07, 6.45) is 1.01. The molecule has 2 aromatic carbocycles. The van der Waals surface area contributed by atoms with Crippen LogP contribution in [0, 0.1) is 0 Å². The Hall–Kier alpha value is -2.93. The fourth-order valence-electron chi connectivity index (χ4n) is 2.21. The number of amides is 1. The Kier molecular flexibility index (Phi) is 7.31. The highest BCUT2D eigenvalue weighted by Crippen LogP contribution is 2.19. The molecule has 7 heteroatoms. The summed E-state index contributed by atoms with van der Waals surface area (Å²) in [6.45, 7) is 4.04. The summed E-state index contributed by atoms with van der Waals surface area (Å²) in [5.41, 5.74) is 1.29. The van der Waals surface area contributed by atoms with Gasteiger partial charge in [0.2, 0.25) is 0 Å². The van der Waals surface area contributed by atoms with E-state index in [4.69, 9.17) is 17.0 Å². The first-order chi connectivity index (χ1) is 12.9. The minimum absolute atomic E-state index is 0.106. The van der Waals surface area contributed by atoms with Gasteiger partial charge in [-0.15, -0.1) is 0 Å². The van der Waals surface area contributed by atoms with E-state index in [9.17, 15) is 9.59 Å². The zero-order valence-electron chi connectivity index (χ0n) is 15.4. The van der Waals surface area contributed by atoms with Gasteiger partial charge in [-0.3, -0.25) is 10.1 Å². The molecule has 0 spiro atoms. The van der Waals surface area contributed by atoms with E-state index < -0.39 is 11.9 Å². The van der Waals surface area contributed by atoms with Crippen molar-refractivity contribution in [1.82, 2.24) is 5.32 Å². The van der Waals surface area contributed by atoms with Crippen molar-refractivity contribution in [3.8, 4) is 5.75 Å². The topological polar surface area (TPSA) is 76.7 Å². The first kappa shape index (κ1) is 20.4. The van der Waals surface area contributed by atoms with Gasteiger partial charge in [-0.25, -0.2) is 4.79 Å². The lowest BCUT2D eigenvalue weighted by Crippen LogP contribution is -2.34. The van der Waals surface area contributed by atoms with Gasteiger partial charge in [0.05, 0.1) is 18.8 Å². The van der Waals surface area contributed by atoms with E-state index >= 15 is 0 Å². The molecule has 1 atom stereocenters. The van der Waals surface area contributed by atoms with Crippen LogP contribution in [0.1, 0.15) is 41.0 Å². The minimum atomic E-state index is -0.511. The van der Waals surface area contributed by atoms with Crippen LogP contribution in [0.25, 0.3) is 0 Å². The lowest BCUT2D eigenvalue weighted by atomic mass is 10.1. The molecule has 1 amide bonds. The van der Waals surface area contributed by atoms with Gasteiger partial charge < -0.3 is 14.8 Å². The Balaban J connectivity index is 2.00. The predicted octanol–water partition coefficient (Wildman–Crippen LogP) is 3.78. The number of carbonyl (C=O) groups is 2. The van der Waals surface area contributed by atoms with Crippen molar-refractivity contribution in [2.75, 3.05) is 12.4 Å². The normalized spacial score (nSPS) is 11.2. The molecule has 0 aliphatic heterocycles. The van der Waals surface area contributed by atoms with Crippen LogP contribution < -0.4 is 15.4 Å². The van der Waals surface area contributed by atoms with Crippen molar-refractivity contribution in [2.24, 2.45) is 0 Å². The molecule has 0 fully saturated rings. The van der Waals surface area contributed by atoms with E-state index in [0.717, 1.165) is 6.42 Å². The van der Waals surface area contributed by atoms with Gasteiger partial charge in [0.1, 0.15) is 5.75 Å². The number of esters is 1. The van der Waals surface area contributed by atoms with Gasteiger partial charge in [-0.05, 0) is 55.9 Å². The minimum Gasteiger partial charge on any atom is -0.491 e. The fourth-order valence-corrected chi connectivity index (χ4v) is 2.42. The molecule has 1 unspecified atom stereocenters. The summed E-state index contributed by atoms with van der Waals surface area (Å²) in [5.74, 6) is -0.219. The van der Waals surface area contributed by atoms with Crippen molar-refractivity contribution in [2.45, 2.75) is 26.4 Å². The number of anilines is 1. The Bertz CT molecular complexity index is 838. The van der Waals surface area contributed by atoms with Crippen LogP contribution in [-0.4, -0.2) is 30.2 Å². The molecule has 0 heterocycles. The highest BCUT2D eigenvalue weighted by atomic mass is 32.1. The number of hydrogen-bond acceptors (Lipinski definition) is 5. The van der Waals surface area contributed by atoms with E-state index in [2.05, 4.69) is 15.4 Å². The molecular weight excluding hydrogens is 364 g/mol. The number of carbonyl (C=O) groups excluding carboxylic acids is 2. The Morgan fingerprint density at radius 2 is 1.81 bits per heavy atom. The molecule has 0 aliphatic carbocycles. The fraction of sp³-hybridized carbons (Fsp3) is 0.250. The highest BCUT2D eigenvalue weighted by Gasteiger charge is 2.12. The summed E-state index contributed by atoms with van der Waals surface area (Å²) in [5, 5.41) is 5.68. The van der Waals surface area contributed by atoms with E-state index in [-0.39, 0.29) is 11.2 Å². The molecule has 0 saturated carbocycles. The summed E-state index contributed by atoms with van der Waals surface area (Å²) >= 11 is 5.20. The largest absolute Gasteiger partial charge is 0.491 e. The van der Waals surface area contributed by atoms with Crippen molar-refractivity contribution in [3.63, 3.8) is 0 Å². The van der Waals surface area contributed by atoms with Crippen molar-refractivity contribution < 1.29 is 19.1 Å². The molecule has 27 heavy (non-hydrogen) atoms. The van der Waals surface area contributed by atoms with Crippen LogP contribution in [0.3, 0.4) is 0 Å². The molecule has 0 saturated heterocycles. The van der Waals surface area contributed by atoms with Crippen molar-refractivity contribution in [1.29, 1.82) is 0 Å². The van der Waals surface area contributed by atoms with E-state index in [1.165, 1.54) is 13.2 Å². The van der Waals surface area contributed by atoms with Gasteiger partial charge in [0.15, 0.2) is 5.11 Å². The molecule has 2 N–H and O–H groups in total. The smallest absolute Gasteiger partial charge is 0.337 e. The Morgan fingerprint density at radius 3 is 2.52 bits per heavy atom. The second-order valence-corrected chi connectivity index (χ2v) is 6.25. The first-order valence-electron chi connectivity index (χ1n) is 8.50. The number of thiocarbonyl (C=S) groups is 1. The van der Waals surface area contributed by atoms with Crippen LogP contribution >= 0.6 is 12.2 Å². The van der Waals surface area contributed by atoms with Gasteiger partial charge in [0, 0.05) is 17.3 Å². The third-order valence-electron chi connectivity index (χ3n) is 3.78. The Morgan fingerprint density at radius 1 is 1.11 bits per heavy atom. The van der Waals surface area contributed by atoms with Crippen LogP contribution in [0.2, 0.25) is 0 Å². The molecular formula is C20H22N2O4S. The number of ether oxygens (including phenoxy) is 2. The maximum absolute atomic E-state index is 12.3. The molecule has 0 aromatic heterocycles. The molecule has 0 bridgehead atoms. The highest BCUT2D eigenvalue weighted by molar-refractivity contribution is 7.80. The van der Waals surface area contributed by atoms with Crippen LogP contribution in [0.15, 0.2) is 48.5 Å². The van der Waals surface area contributed by atoms with E-state index in [1.54, 1.807) is 18.2 Å². The quantitative estimate of drug-likeness (QED) is 0.581. The van der Waals surface area contributed by atoms with Crippen LogP contribution in [-0.2, 0) is 4.74 Å². The third kappa shape index (κ3) is 6.07. The Labute approximate surface area is 163 Å². The average molecular weight is 386 g/mol. The van der Waals surface area contributed by atoms with E-state index in [0.29, 0.717) is 22.6 Å². The summed E-state index contributed by atoms with van der Waals surface area (Å²) < 4.78 is 10.4. The molecule has 142 valence electrons. The molecule has 2 rings (SSSR count). The van der Waals surface area contributed by atoms with Gasteiger partial charge in [0.25, 0.3) is 5.91 Å². The zero-order valence-corrected chi connectivity index (χ0v) is 16.3. The zero-order chi connectivity index (χ0) is 19.8. The maximum atomic E-state index is 12.3. The lowest BCUT2D eigenvalue weighted by Gasteiger charge is -2.14. The predicted molar refractivity (Wildman–Crippen MR) is 108 cm³/mol. The lowest BCUT2D eigenvalue weighted by molar-refractivity contribution is 0.0600. The van der Waals surface area contributed by atoms with E-state index in [1.807, 2.05) is 38.1 Å². The maximum Gasteiger partial charge on any atom is 0.337 e. The molecule has 0 radical (unpaired) electrons. The van der Waals surface area contributed by atoms with Crippen molar-refractivity contribution in [3.05, 3.63) is 59.7 Å². The van der Waals surface area contributed by atoms with Gasteiger partial charge in [-0.1, -0.05) is 19.1 Å². The summed E-state index contributed by atoms with van der Waals surface area (Å²) in [4.78, 5) is 23.9. The number of benzene rings is 2. The monoisotopic (exact) mass is 386 g/mol. The summed E-state index contributed by atoms with van der Waals surface area (Å²) in [7, 11) is 1.28. The number of hydrogen-bond donors (Lipinski definition) is 2. The number of nitrogens with one attached hydrogen (secondary N) is 2. The molecule has 0 aliphatic rings. The number of rotatable bonds is 6. The van der Waals surface area contributed by atoms with Gasteiger partial charge in [-0.2, -0.15) is 0 Å². The van der Waals surface area contributed by atoms with Crippen molar-refractivity contribution >= 4 is 34.9 Å². The molecule has 2 aromatic rings. The SMILES string of the molecule is CCC(C)Oc1cccc(NC(=S)NC(=O)c2cccc(C(=O)OC)c2)c1. The standard InChI is InChI=1S/C20H22N2O4S/c1-4-13(2)26-17-10-6-9-16(12-17)21-20(27)22-18(23)14-7-5-8-15(11-14)19(24)25-3/h5-13H,4H2,1-3H3,(H2,21,22,23,27). The second-order valence-electron chi connectivity index (χ2n) is 5.85. The second kappa shape index (κ2) is 9.68. The van der Waals surface area contributed by atoms with Crippen LogP contribution in [0.4, 0.5) is 5.69 Å². The van der Waals surface area contributed by atoms with Gasteiger partial charge >= 0.3 is 5.97 Å². The first-order valence-corrected chi connectivity index (χ1v) is 8.91. The third-order valence-corrected chi connectivity index (χ3v) is 3.98. The number of methoxy groups -OCH3 is 1. The van der Waals surface area contributed by atoms with Crippen LogP contribution in [0.5, 0.6) is 5.75 Å². The molecule has 6 nitrogen and oxygen atoms in total. The average Bonchev–Trinajstić information content (AvgIpc) is 2.67. The summed E-state index contributed by atoms with van der Waals surface area (Å²) in [6, 6.07) is 13.5.